The molecule has 0 atom stereocenters. The van der Waals surface area contributed by atoms with Gasteiger partial charge in [-0.2, -0.15) is 5.26 Å². The van der Waals surface area contributed by atoms with Gasteiger partial charge in [0.25, 0.3) is 0 Å². The van der Waals surface area contributed by atoms with Gasteiger partial charge in [-0.25, -0.2) is 13.8 Å². The molecule has 2 rings (SSSR count). The van der Waals surface area contributed by atoms with Gasteiger partial charge in [-0.3, -0.25) is 0 Å². The highest BCUT2D eigenvalue weighted by Gasteiger charge is 2.06. The molecule has 0 saturated heterocycles. The summed E-state index contributed by atoms with van der Waals surface area (Å²) in [6, 6.07) is 8.42. The Morgan fingerprint density at radius 1 is 1.18 bits per heavy atom. The number of pyridine rings is 1. The van der Waals surface area contributed by atoms with Gasteiger partial charge in [-0.1, -0.05) is 11.8 Å². The molecule has 84 valence electrons. The van der Waals surface area contributed by atoms with Gasteiger partial charge in [-0.05, 0) is 24.3 Å². The van der Waals surface area contributed by atoms with Gasteiger partial charge < -0.3 is 0 Å². The van der Waals surface area contributed by atoms with Crippen LogP contribution in [-0.4, -0.2) is 4.98 Å². The highest BCUT2D eigenvalue weighted by Crippen LogP contribution is 2.28. The summed E-state index contributed by atoms with van der Waals surface area (Å²) in [6.07, 6.45) is 1.47. The lowest BCUT2D eigenvalue weighted by atomic mass is 10.3. The summed E-state index contributed by atoms with van der Waals surface area (Å²) in [5, 5.41) is 9.20. The van der Waals surface area contributed by atoms with Crippen molar-refractivity contribution in [2.75, 3.05) is 0 Å². The van der Waals surface area contributed by atoms with Crippen molar-refractivity contribution >= 4 is 11.8 Å². The molecule has 1 aromatic carbocycles. The fraction of sp³-hybridized carbons (Fsp3) is 0. The number of hydrogen-bond donors (Lipinski definition) is 0. The fourth-order valence-electron chi connectivity index (χ4n) is 1.21. The van der Waals surface area contributed by atoms with Crippen LogP contribution in [0.5, 0.6) is 0 Å². The topological polar surface area (TPSA) is 36.7 Å². The molecule has 0 spiro atoms. The van der Waals surface area contributed by atoms with Crippen molar-refractivity contribution in [3.63, 3.8) is 0 Å². The Labute approximate surface area is 101 Å². The third kappa shape index (κ3) is 2.80. The Morgan fingerprint density at radius 3 is 2.71 bits per heavy atom. The third-order valence-electron chi connectivity index (χ3n) is 1.97. The Kier molecular flexibility index (Phi) is 3.35. The number of aromatic nitrogens is 1. The lowest BCUT2D eigenvalue weighted by Gasteiger charge is -2.02. The van der Waals surface area contributed by atoms with E-state index in [1.165, 1.54) is 18.3 Å². The van der Waals surface area contributed by atoms with Crippen molar-refractivity contribution < 1.29 is 8.78 Å². The predicted molar refractivity (Wildman–Crippen MR) is 59.4 cm³/mol. The quantitative estimate of drug-likeness (QED) is 0.817. The second-order valence-corrected chi connectivity index (χ2v) is 4.23. The molecular weight excluding hydrogens is 242 g/mol. The summed E-state index contributed by atoms with van der Waals surface area (Å²) >= 11 is 1.05. The lowest BCUT2D eigenvalue weighted by molar-refractivity contribution is 0.565. The van der Waals surface area contributed by atoms with Gasteiger partial charge in [0, 0.05) is 17.2 Å². The first-order valence-electron chi connectivity index (χ1n) is 4.68. The molecule has 0 radical (unpaired) electrons. The van der Waals surface area contributed by atoms with Gasteiger partial charge in [0.2, 0.25) is 0 Å². The molecule has 0 bridgehead atoms. The average Bonchev–Trinajstić information content (AvgIpc) is 2.33. The molecule has 0 saturated carbocycles. The van der Waals surface area contributed by atoms with E-state index < -0.39 is 11.6 Å². The number of halogens is 2. The van der Waals surface area contributed by atoms with Crippen LogP contribution >= 0.6 is 11.8 Å². The molecular formula is C12H6F2N2S. The molecule has 2 nitrogen and oxygen atoms in total. The summed E-state index contributed by atoms with van der Waals surface area (Å²) in [5.41, 5.74) is 0.449. The van der Waals surface area contributed by atoms with Crippen LogP contribution in [0.25, 0.3) is 0 Å². The first kappa shape index (κ1) is 11.6. The smallest absolute Gasteiger partial charge is 0.140 e. The van der Waals surface area contributed by atoms with E-state index in [0.717, 1.165) is 17.8 Å². The van der Waals surface area contributed by atoms with Crippen molar-refractivity contribution in [2.24, 2.45) is 0 Å². The summed E-state index contributed by atoms with van der Waals surface area (Å²) in [5.74, 6) is -1.26. The average molecular weight is 248 g/mol. The van der Waals surface area contributed by atoms with Crippen molar-refractivity contribution in [3.8, 4) is 6.07 Å². The first-order valence-corrected chi connectivity index (χ1v) is 5.50. The minimum Gasteiger partial charge on any atom is -0.250 e. The Balaban J connectivity index is 2.28. The van der Waals surface area contributed by atoms with E-state index in [1.807, 2.05) is 6.07 Å². The second-order valence-electron chi connectivity index (χ2n) is 3.17. The highest BCUT2D eigenvalue weighted by molar-refractivity contribution is 7.99. The Hall–Kier alpha value is -1.93. The fourth-order valence-corrected chi connectivity index (χ4v) is 2.02. The molecule has 0 aliphatic heterocycles. The van der Waals surface area contributed by atoms with Gasteiger partial charge in [0.1, 0.15) is 16.7 Å². The van der Waals surface area contributed by atoms with Gasteiger partial charge >= 0.3 is 0 Å². The largest absolute Gasteiger partial charge is 0.250 e. The van der Waals surface area contributed by atoms with Crippen molar-refractivity contribution in [1.82, 2.24) is 4.98 Å². The number of benzene rings is 1. The van der Waals surface area contributed by atoms with Gasteiger partial charge in [-0.15, -0.1) is 0 Å². The maximum absolute atomic E-state index is 13.4. The van der Waals surface area contributed by atoms with E-state index in [-0.39, 0.29) is 4.90 Å². The van der Waals surface area contributed by atoms with Crippen LogP contribution in [0.2, 0.25) is 0 Å². The summed E-state index contributed by atoms with van der Waals surface area (Å²) < 4.78 is 26.1. The molecule has 2 aromatic rings. The van der Waals surface area contributed by atoms with Crippen molar-refractivity contribution in [3.05, 3.63) is 53.7 Å². The standard InChI is InChI=1S/C12H6F2N2S/c13-9-1-2-11(10(14)6-9)17-12-5-8(7-15)3-4-16-12/h1-6H. The summed E-state index contributed by atoms with van der Waals surface area (Å²) in [6.45, 7) is 0. The zero-order valence-corrected chi connectivity index (χ0v) is 9.34. The highest BCUT2D eigenvalue weighted by atomic mass is 32.2. The third-order valence-corrected chi connectivity index (χ3v) is 2.96. The number of nitriles is 1. The van der Waals surface area contributed by atoms with Crippen LogP contribution in [0.4, 0.5) is 8.78 Å². The molecule has 0 unspecified atom stereocenters. The van der Waals surface area contributed by atoms with Gasteiger partial charge in [0.15, 0.2) is 0 Å². The minimum absolute atomic E-state index is 0.272. The molecule has 0 aliphatic rings. The summed E-state index contributed by atoms with van der Waals surface area (Å²) in [4.78, 5) is 4.27. The minimum atomic E-state index is -0.640. The van der Waals surface area contributed by atoms with Crippen LogP contribution in [-0.2, 0) is 0 Å². The first-order chi connectivity index (χ1) is 8.19. The maximum Gasteiger partial charge on any atom is 0.140 e. The van der Waals surface area contributed by atoms with E-state index in [2.05, 4.69) is 4.98 Å². The predicted octanol–water partition coefficient (Wildman–Crippen LogP) is 3.38. The summed E-state index contributed by atoms with van der Waals surface area (Å²) in [7, 11) is 0. The number of rotatable bonds is 2. The van der Waals surface area contributed by atoms with E-state index >= 15 is 0 Å². The van der Waals surface area contributed by atoms with E-state index in [0.29, 0.717) is 10.6 Å². The Morgan fingerprint density at radius 2 is 2.00 bits per heavy atom. The monoisotopic (exact) mass is 248 g/mol. The van der Waals surface area contributed by atoms with Crippen LogP contribution < -0.4 is 0 Å². The number of hydrogen-bond acceptors (Lipinski definition) is 3. The second kappa shape index (κ2) is 4.93. The van der Waals surface area contributed by atoms with Crippen LogP contribution in [0.3, 0.4) is 0 Å². The zero-order valence-electron chi connectivity index (χ0n) is 8.52. The molecule has 1 aromatic heterocycles. The van der Waals surface area contributed by atoms with E-state index in [1.54, 1.807) is 12.1 Å². The lowest BCUT2D eigenvalue weighted by Crippen LogP contribution is -1.86. The van der Waals surface area contributed by atoms with Crippen LogP contribution in [0.1, 0.15) is 5.56 Å². The number of nitrogens with zero attached hydrogens (tertiary/aromatic N) is 2. The zero-order chi connectivity index (χ0) is 12.3. The van der Waals surface area contributed by atoms with Crippen LogP contribution in [0, 0.1) is 23.0 Å². The van der Waals surface area contributed by atoms with Crippen molar-refractivity contribution in [2.45, 2.75) is 9.92 Å². The van der Waals surface area contributed by atoms with Crippen molar-refractivity contribution in [1.29, 1.82) is 5.26 Å². The molecule has 1 heterocycles. The van der Waals surface area contributed by atoms with E-state index in [4.69, 9.17) is 5.26 Å². The van der Waals surface area contributed by atoms with Crippen LogP contribution in [0.15, 0.2) is 46.5 Å². The molecule has 0 fully saturated rings. The molecule has 0 N–H and O–H groups in total. The van der Waals surface area contributed by atoms with E-state index in [9.17, 15) is 8.78 Å². The molecule has 17 heavy (non-hydrogen) atoms. The van der Waals surface area contributed by atoms with Gasteiger partial charge in [0.05, 0.1) is 11.6 Å². The molecule has 5 heteroatoms. The maximum atomic E-state index is 13.4. The Bertz CT molecular complexity index is 593. The molecule has 0 aliphatic carbocycles. The molecule has 0 amide bonds. The normalized spacial score (nSPS) is 9.94. The SMILES string of the molecule is N#Cc1ccnc(Sc2ccc(F)cc2F)c1.